The molecule has 0 saturated carbocycles. The Kier molecular flexibility index (Phi) is 5.76. The van der Waals surface area contributed by atoms with Crippen LogP contribution in [0.3, 0.4) is 0 Å². The van der Waals surface area contributed by atoms with Crippen molar-refractivity contribution in [3.8, 4) is 0 Å². The van der Waals surface area contributed by atoms with Crippen molar-refractivity contribution in [1.82, 2.24) is 9.62 Å². The van der Waals surface area contributed by atoms with Crippen molar-refractivity contribution in [3.05, 3.63) is 29.3 Å². The van der Waals surface area contributed by atoms with E-state index >= 15 is 0 Å². The van der Waals surface area contributed by atoms with Crippen molar-refractivity contribution in [1.29, 1.82) is 0 Å². The number of rotatable bonds is 6. The van der Waals surface area contributed by atoms with Gasteiger partial charge in [0.2, 0.25) is 15.9 Å². The van der Waals surface area contributed by atoms with E-state index in [9.17, 15) is 13.2 Å². The number of benzene rings is 1. The van der Waals surface area contributed by atoms with E-state index in [1.807, 2.05) is 6.07 Å². The van der Waals surface area contributed by atoms with Crippen LogP contribution in [0, 0.1) is 0 Å². The molecule has 1 amide bonds. The molecule has 1 aliphatic heterocycles. The zero-order valence-corrected chi connectivity index (χ0v) is 15.4. The molecule has 2 aliphatic rings. The molecule has 1 heterocycles. The minimum absolute atomic E-state index is 0.0268. The van der Waals surface area contributed by atoms with Crippen molar-refractivity contribution in [2.45, 2.75) is 55.9 Å². The highest BCUT2D eigenvalue weighted by Gasteiger charge is 2.27. The highest BCUT2D eigenvalue weighted by Crippen LogP contribution is 2.24. The molecule has 3 N–H and O–H groups in total. The summed E-state index contributed by atoms with van der Waals surface area (Å²) in [4.78, 5) is 14.3. The fraction of sp³-hybridized carbons (Fsp3) is 0.611. The summed E-state index contributed by atoms with van der Waals surface area (Å²) in [5.41, 5.74) is 8.07. The van der Waals surface area contributed by atoms with Gasteiger partial charge in [0.05, 0.1) is 4.90 Å². The summed E-state index contributed by atoms with van der Waals surface area (Å²) in [5.74, 6) is -0.0268. The standard InChI is InChI=1S/C18H27N3O3S/c19-13-16-6-3-11-21(16)18(22)9-10-20-25(23,24)17-8-7-14-4-1-2-5-15(14)12-17/h7-8,12,16,20H,1-6,9-11,13,19H2. The lowest BCUT2D eigenvalue weighted by Gasteiger charge is -2.23. The summed E-state index contributed by atoms with van der Waals surface area (Å²) in [7, 11) is -3.58. The Morgan fingerprint density at radius 3 is 2.72 bits per heavy atom. The second-order valence-corrected chi connectivity index (χ2v) is 8.67. The van der Waals surface area contributed by atoms with Crippen LogP contribution >= 0.6 is 0 Å². The van der Waals surface area contributed by atoms with Gasteiger partial charge in [-0.1, -0.05) is 6.07 Å². The number of carbonyl (C=O) groups excluding carboxylic acids is 1. The van der Waals surface area contributed by atoms with Crippen molar-refractivity contribution in [3.63, 3.8) is 0 Å². The second-order valence-electron chi connectivity index (χ2n) is 6.90. The normalized spacial score (nSPS) is 20.5. The molecule has 0 spiro atoms. The van der Waals surface area contributed by atoms with Gasteiger partial charge in [0.25, 0.3) is 0 Å². The summed E-state index contributed by atoms with van der Waals surface area (Å²) in [6, 6.07) is 5.47. The van der Waals surface area contributed by atoms with Gasteiger partial charge < -0.3 is 10.6 Å². The number of carbonyl (C=O) groups is 1. The highest BCUT2D eigenvalue weighted by molar-refractivity contribution is 7.89. The lowest BCUT2D eigenvalue weighted by molar-refractivity contribution is -0.131. The molecule has 1 aliphatic carbocycles. The summed E-state index contributed by atoms with van der Waals surface area (Å²) in [6.07, 6.45) is 6.30. The van der Waals surface area contributed by atoms with Gasteiger partial charge in [-0.25, -0.2) is 13.1 Å². The van der Waals surface area contributed by atoms with Crippen LogP contribution in [0.25, 0.3) is 0 Å². The van der Waals surface area contributed by atoms with Gasteiger partial charge in [-0.15, -0.1) is 0 Å². The van der Waals surface area contributed by atoms with E-state index in [1.54, 1.807) is 17.0 Å². The van der Waals surface area contributed by atoms with Gasteiger partial charge in [0, 0.05) is 32.1 Å². The first-order valence-electron chi connectivity index (χ1n) is 9.12. The van der Waals surface area contributed by atoms with Crippen molar-refractivity contribution >= 4 is 15.9 Å². The summed E-state index contributed by atoms with van der Waals surface area (Å²) in [5, 5.41) is 0. The molecule has 6 nitrogen and oxygen atoms in total. The Bertz CT molecular complexity index is 733. The second kappa shape index (κ2) is 7.85. The summed E-state index contributed by atoms with van der Waals surface area (Å²) in [6.45, 7) is 1.30. The van der Waals surface area contributed by atoms with Crippen molar-refractivity contribution in [2.75, 3.05) is 19.6 Å². The molecule has 0 bridgehead atoms. The molecule has 3 rings (SSSR count). The van der Waals surface area contributed by atoms with E-state index in [4.69, 9.17) is 5.73 Å². The molecular formula is C18H27N3O3S. The number of amides is 1. The third kappa shape index (κ3) is 4.22. The monoisotopic (exact) mass is 365 g/mol. The largest absolute Gasteiger partial charge is 0.338 e. The predicted molar refractivity (Wildman–Crippen MR) is 96.7 cm³/mol. The van der Waals surface area contributed by atoms with E-state index in [-0.39, 0.29) is 24.9 Å². The van der Waals surface area contributed by atoms with Crippen LogP contribution in [-0.2, 0) is 27.7 Å². The summed E-state index contributed by atoms with van der Waals surface area (Å²) < 4.78 is 27.5. The third-order valence-electron chi connectivity index (χ3n) is 5.23. The Morgan fingerprint density at radius 1 is 1.20 bits per heavy atom. The Morgan fingerprint density at radius 2 is 1.96 bits per heavy atom. The molecule has 138 valence electrons. The molecule has 1 atom stereocenters. The Balaban J connectivity index is 1.58. The first-order chi connectivity index (χ1) is 12.0. The first kappa shape index (κ1) is 18.4. The molecule has 1 aromatic carbocycles. The lowest BCUT2D eigenvalue weighted by atomic mass is 9.92. The predicted octanol–water partition coefficient (Wildman–Crippen LogP) is 1.18. The average molecular weight is 365 g/mol. The fourth-order valence-electron chi connectivity index (χ4n) is 3.81. The molecule has 1 fully saturated rings. The van der Waals surface area contributed by atoms with E-state index in [1.165, 1.54) is 12.0 Å². The zero-order valence-electron chi connectivity index (χ0n) is 14.5. The maximum absolute atomic E-state index is 12.5. The summed E-state index contributed by atoms with van der Waals surface area (Å²) >= 11 is 0. The van der Waals surface area contributed by atoms with E-state index < -0.39 is 10.0 Å². The lowest BCUT2D eigenvalue weighted by Crippen LogP contribution is -2.41. The number of sulfonamides is 1. The molecule has 1 saturated heterocycles. The van der Waals surface area contributed by atoms with Crippen molar-refractivity contribution < 1.29 is 13.2 Å². The smallest absolute Gasteiger partial charge is 0.240 e. The van der Waals surface area contributed by atoms with Gasteiger partial charge in [-0.3, -0.25) is 4.79 Å². The van der Waals surface area contributed by atoms with Crippen LogP contribution < -0.4 is 10.5 Å². The van der Waals surface area contributed by atoms with Gasteiger partial charge in [-0.2, -0.15) is 0 Å². The topological polar surface area (TPSA) is 92.5 Å². The molecule has 7 heteroatoms. The minimum Gasteiger partial charge on any atom is -0.338 e. The number of likely N-dealkylation sites (tertiary alicyclic amines) is 1. The Hall–Kier alpha value is -1.44. The van der Waals surface area contributed by atoms with Crippen LogP contribution in [0.5, 0.6) is 0 Å². The molecule has 0 radical (unpaired) electrons. The van der Waals surface area contributed by atoms with Crippen LogP contribution in [0.1, 0.15) is 43.2 Å². The van der Waals surface area contributed by atoms with Crippen molar-refractivity contribution in [2.24, 2.45) is 5.73 Å². The van der Waals surface area contributed by atoms with Gasteiger partial charge >= 0.3 is 0 Å². The number of fused-ring (bicyclic) bond motifs is 1. The number of nitrogens with zero attached hydrogens (tertiary/aromatic N) is 1. The number of hydrogen-bond donors (Lipinski definition) is 2. The number of hydrogen-bond acceptors (Lipinski definition) is 4. The van der Waals surface area contributed by atoms with E-state index in [0.717, 1.165) is 44.2 Å². The van der Waals surface area contributed by atoms with Crippen LogP contribution in [0.2, 0.25) is 0 Å². The van der Waals surface area contributed by atoms with Gasteiger partial charge in [0.15, 0.2) is 0 Å². The number of nitrogens with one attached hydrogen (secondary N) is 1. The zero-order chi connectivity index (χ0) is 17.9. The number of nitrogens with two attached hydrogens (primary N) is 1. The van der Waals surface area contributed by atoms with E-state index in [2.05, 4.69) is 4.72 Å². The van der Waals surface area contributed by atoms with Crippen LogP contribution in [0.15, 0.2) is 23.1 Å². The molecule has 1 unspecified atom stereocenters. The average Bonchev–Trinajstić information content (AvgIpc) is 3.10. The van der Waals surface area contributed by atoms with E-state index in [0.29, 0.717) is 11.4 Å². The van der Waals surface area contributed by atoms with Crippen LogP contribution in [0.4, 0.5) is 0 Å². The minimum atomic E-state index is -3.58. The fourth-order valence-corrected chi connectivity index (χ4v) is 4.89. The highest BCUT2D eigenvalue weighted by atomic mass is 32.2. The SMILES string of the molecule is NCC1CCCN1C(=O)CCNS(=O)(=O)c1ccc2c(c1)CCCC2. The molecule has 25 heavy (non-hydrogen) atoms. The Labute approximate surface area is 149 Å². The van der Waals surface area contributed by atoms with Gasteiger partial charge in [0.1, 0.15) is 0 Å². The van der Waals surface area contributed by atoms with Gasteiger partial charge in [-0.05, 0) is 61.8 Å². The third-order valence-corrected chi connectivity index (χ3v) is 6.69. The molecule has 0 aromatic heterocycles. The maximum Gasteiger partial charge on any atom is 0.240 e. The quantitative estimate of drug-likeness (QED) is 0.792. The maximum atomic E-state index is 12.5. The first-order valence-corrected chi connectivity index (χ1v) is 10.6. The molecule has 1 aromatic rings. The molecular weight excluding hydrogens is 338 g/mol. The number of aryl methyl sites for hydroxylation is 2. The van der Waals surface area contributed by atoms with Crippen LogP contribution in [-0.4, -0.2) is 44.9 Å².